The first-order valence-electron chi connectivity index (χ1n) is 7.05. The Morgan fingerprint density at radius 1 is 1.62 bits per heavy atom. The number of carboxylic acid groups (broad SMARTS) is 1. The summed E-state index contributed by atoms with van der Waals surface area (Å²) in [6.07, 6.45) is 3.22. The summed E-state index contributed by atoms with van der Waals surface area (Å²) < 4.78 is 0. The fraction of sp³-hybridized carbons (Fsp3) is 0.467. The Bertz CT molecular complexity index is 541. The fourth-order valence-electron chi connectivity index (χ4n) is 2.66. The predicted octanol–water partition coefficient (Wildman–Crippen LogP) is 2.75. The van der Waals surface area contributed by atoms with Gasteiger partial charge in [-0.05, 0) is 29.9 Å². The van der Waals surface area contributed by atoms with E-state index in [9.17, 15) is 14.7 Å². The van der Waals surface area contributed by atoms with Gasteiger partial charge in [0.15, 0.2) is 6.04 Å². The van der Waals surface area contributed by atoms with Gasteiger partial charge < -0.3 is 14.9 Å². The lowest BCUT2D eigenvalue weighted by Gasteiger charge is -2.36. The van der Waals surface area contributed by atoms with Crippen LogP contribution in [0.4, 0.5) is 4.79 Å². The normalized spacial score (nSPS) is 17.2. The molecule has 2 amide bonds. The molecule has 1 aromatic rings. The summed E-state index contributed by atoms with van der Waals surface area (Å²) in [6, 6.07) is 0.716. The highest BCUT2D eigenvalue weighted by Gasteiger charge is 2.38. The zero-order chi connectivity index (χ0) is 15.4. The molecule has 0 fully saturated rings. The summed E-state index contributed by atoms with van der Waals surface area (Å²) in [4.78, 5) is 28.5. The molecule has 21 heavy (non-hydrogen) atoms. The summed E-state index contributed by atoms with van der Waals surface area (Å²) in [5, 5.41) is 11.4. The average Bonchev–Trinajstić information content (AvgIpc) is 2.93. The largest absolute Gasteiger partial charge is 0.479 e. The van der Waals surface area contributed by atoms with Crippen molar-refractivity contribution < 1.29 is 14.7 Å². The van der Waals surface area contributed by atoms with Crippen molar-refractivity contribution in [3.63, 3.8) is 0 Å². The third kappa shape index (κ3) is 3.10. The molecule has 2 rings (SSSR count). The van der Waals surface area contributed by atoms with Crippen molar-refractivity contribution in [2.75, 3.05) is 19.6 Å². The van der Waals surface area contributed by atoms with Gasteiger partial charge in [0.2, 0.25) is 0 Å². The van der Waals surface area contributed by atoms with Crippen molar-refractivity contribution in [1.82, 2.24) is 9.80 Å². The van der Waals surface area contributed by atoms with Crippen LogP contribution in [0, 0.1) is 0 Å². The first-order chi connectivity index (χ1) is 10.1. The lowest BCUT2D eigenvalue weighted by atomic mass is 10.0. The molecule has 1 aromatic heterocycles. The summed E-state index contributed by atoms with van der Waals surface area (Å²) in [5.74, 6) is -0.974. The molecule has 5 nitrogen and oxygen atoms in total. The zero-order valence-electron chi connectivity index (χ0n) is 12.1. The Morgan fingerprint density at radius 3 is 3.00 bits per heavy atom. The van der Waals surface area contributed by atoms with Crippen LogP contribution in [0.25, 0.3) is 0 Å². The van der Waals surface area contributed by atoms with E-state index in [-0.39, 0.29) is 6.03 Å². The van der Waals surface area contributed by atoms with Gasteiger partial charge >= 0.3 is 12.0 Å². The molecule has 1 aliphatic heterocycles. The summed E-state index contributed by atoms with van der Waals surface area (Å²) >= 11 is 1.56. The summed E-state index contributed by atoms with van der Waals surface area (Å²) in [6.45, 7) is 7.14. The maximum absolute atomic E-state index is 12.7. The van der Waals surface area contributed by atoms with Crippen LogP contribution < -0.4 is 0 Å². The predicted molar refractivity (Wildman–Crippen MR) is 82.6 cm³/mol. The third-order valence-corrected chi connectivity index (χ3v) is 4.56. The second kappa shape index (κ2) is 6.76. The molecule has 0 aliphatic carbocycles. The molecule has 0 aromatic carbocycles. The minimum Gasteiger partial charge on any atom is -0.479 e. The molecular weight excluding hydrogens is 288 g/mol. The molecule has 114 valence electrons. The van der Waals surface area contributed by atoms with Crippen molar-refractivity contribution in [2.45, 2.75) is 25.8 Å². The minimum absolute atomic E-state index is 0.221. The molecule has 0 radical (unpaired) electrons. The van der Waals surface area contributed by atoms with Crippen LogP contribution in [-0.4, -0.2) is 46.5 Å². The molecule has 1 atom stereocenters. The molecule has 0 spiro atoms. The van der Waals surface area contributed by atoms with Crippen molar-refractivity contribution in [3.05, 3.63) is 34.5 Å². The van der Waals surface area contributed by atoms with Gasteiger partial charge in [-0.3, -0.25) is 0 Å². The standard InChI is InChI=1S/C15H20N2O3S/c1-3-7-16(8-4-2)15(20)17-9-5-12-11(6-10-21-12)13(17)14(18)19/h3,6,10,13H,1,4-5,7-9H2,2H3,(H,18,19). The average molecular weight is 308 g/mol. The van der Waals surface area contributed by atoms with Crippen molar-refractivity contribution >= 4 is 23.3 Å². The smallest absolute Gasteiger partial charge is 0.331 e. The van der Waals surface area contributed by atoms with Crippen LogP contribution in [0.15, 0.2) is 24.1 Å². The van der Waals surface area contributed by atoms with E-state index in [0.717, 1.165) is 23.3 Å². The molecule has 0 saturated carbocycles. The number of nitrogens with zero attached hydrogens (tertiary/aromatic N) is 2. The molecule has 1 N–H and O–H groups in total. The molecule has 1 aliphatic rings. The van der Waals surface area contributed by atoms with Gasteiger partial charge in [-0.15, -0.1) is 17.9 Å². The Hall–Kier alpha value is -1.82. The molecule has 0 bridgehead atoms. The first kappa shape index (κ1) is 15.6. The van der Waals surface area contributed by atoms with E-state index in [2.05, 4.69) is 6.58 Å². The first-order valence-corrected chi connectivity index (χ1v) is 7.93. The summed E-state index contributed by atoms with van der Waals surface area (Å²) in [5.41, 5.74) is 0.752. The number of carbonyl (C=O) groups is 2. The number of fused-ring (bicyclic) bond motifs is 1. The van der Waals surface area contributed by atoms with E-state index in [1.165, 1.54) is 4.90 Å². The van der Waals surface area contributed by atoms with E-state index in [0.29, 0.717) is 19.6 Å². The van der Waals surface area contributed by atoms with Crippen LogP contribution in [0.3, 0.4) is 0 Å². The number of aliphatic carboxylic acids is 1. The monoisotopic (exact) mass is 308 g/mol. The van der Waals surface area contributed by atoms with E-state index in [4.69, 9.17) is 0 Å². The highest BCUT2D eigenvalue weighted by molar-refractivity contribution is 7.10. The number of amides is 2. The van der Waals surface area contributed by atoms with E-state index >= 15 is 0 Å². The van der Waals surface area contributed by atoms with Gasteiger partial charge in [0.05, 0.1) is 0 Å². The van der Waals surface area contributed by atoms with Gasteiger partial charge in [0, 0.05) is 24.5 Å². The molecule has 1 unspecified atom stereocenters. The topological polar surface area (TPSA) is 60.9 Å². The number of hydrogen-bond acceptors (Lipinski definition) is 3. The van der Waals surface area contributed by atoms with Crippen molar-refractivity contribution in [1.29, 1.82) is 0 Å². The SMILES string of the molecule is C=CCN(CCC)C(=O)N1CCc2sccc2C1C(=O)O. The van der Waals surface area contributed by atoms with Crippen LogP contribution in [0.1, 0.15) is 29.8 Å². The molecule has 2 heterocycles. The molecule has 6 heteroatoms. The van der Waals surface area contributed by atoms with Gasteiger partial charge in [-0.2, -0.15) is 0 Å². The van der Waals surface area contributed by atoms with Gasteiger partial charge in [0.1, 0.15) is 0 Å². The Kier molecular flexibility index (Phi) is 5.01. The van der Waals surface area contributed by atoms with Crippen LogP contribution in [0.2, 0.25) is 0 Å². The second-order valence-electron chi connectivity index (χ2n) is 5.00. The highest BCUT2D eigenvalue weighted by atomic mass is 32.1. The zero-order valence-corrected chi connectivity index (χ0v) is 12.9. The van der Waals surface area contributed by atoms with Crippen molar-refractivity contribution in [3.8, 4) is 0 Å². The maximum Gasteiger partial charge on any atom is 0.331 e. The number of carboxylic acids is 1. The number of carbonyl (C=O) groups excluding carboxylic acids is 1. The third-order valence-electron chi connectivity index (χ3n) is 3.56. The number of rotatable bonds is 5. The summed E-state index contributed by atoms with van der Waals surface area (Å²) in [7, 11) is 0. The lowest BCUT2D eigenvalue weighted by Crippen LogP contribution is -2.49. The van der Waals surface area contributed by atoms with Gasteiger partial charge in [0.25, 0.3) is 0 Å². The van der Waals surface area contributed by atoms with E-state index in [1.807, 2.05) is 18.4 Å². The highest BCUT2D eigenvalue weighted by Crippen LogP contribution is 2.34. The maximum atomic E-state index is 12.7. The number of urea groups is 1. The number of hydrogen-bond donors (Lipinski definition) is 1. The number of thiophene rings is 1. The Balaban J connectivity index is 2.27. The lowest BCUT2D eigenvalue weighted by molar-refractivity contribution is -0.143. The quantitative estimate of drug-likeness (QED) is 0.851. The van der Waals surface area contributed by atoms with Gasteiger partial charge in [-0.25, -0.2) is 9.59 Å². The fourth-order valence-corrected chi connectivity index (χ4v) is 3.56. The molecule has 0 saturated heterocycles. The van der Waals surface area contributed by atoms with Crippen molar-refractivity contribution in [2.24, 2.45) is 0 Å². The van der Waals surface area contributed by atoms with Gasteiger partial charge in [-0.1, -0.05) is 13.0 Å². The second-order valence-corrected chi connectivity index (χ2v) is 6.00. The van der Waals surface area contributed by atoms with Crippen LogP contribution in [-0.2, 0) is 11.2 Å². The van der Waals surface area contributed by atoms with E-state index < -0.39 is 12.0 Å². The Morgan fingerprint density at radius 2 is 2.38 bits per heavy atom. The minimum atomic E-state index is -0.974. The van der Waals surface area contributed by atoms with Crippen LogP contribution in [0.5, 0.6) is 0 Å². The van der Waals surface area contributed by atoms with E-state index in [1.54, 1.807) is 22.3 Å². The van der Waals surface area contributed by atoms with Crippen LogP contribution >= 0.6 is 11.3 Å². The Labute approximate surface area is 128 Å². The molecular formula is C15H20N2O3S.